The number of phenolic OH excluding ortho intramolecular Hbond substituents is 1. The number of nitrogens with one attached hydrogen (secondary N) is 1. The number of nitrogens with zero attached hydrogens (tertiary/aromatic N) is 1. The second-order valence-electron chi connectivity index (χ2n) is 7.11. The second-order valence-corrected chi connectivity index (χ2v) is 7.11. The molecule has 0 atom stereocenters. The number of aromatic amines is 1. The summed E-state index contributed by atoms with van der Waals surface area (Å²) < 4.78 is 5.89. The Balaban J connectivity index is 1.61. The Morgan fingerprint density at radius 2 is 1.26 bits per heavy atom. The van der Waals surface area contributed by atoms with E-state index in [9.17, 15) is 5.11 Å². The topological polar surface area (TPSA) is 58.1 Å². The van der Waals surface area contributed by atoms with Crippen molar-refractivity contribution in [3.63, 3.8) is 0 Å². The highest BCUT2D eigenvalue weighted by Gasteiger charge is 2.19. The van der Waals surface area contributed by atoms with Crippen molar-refractivity contribution in [2.75, 3.05) is 0 Å². The van der Waals surface area contributed by atoms with Crippen LogP contribution in [-0.4, -0.2) is 15.1 Å². The fraction of sp³-hybridized carbons (Fsp3) is 0. The molecule has 31 heavy (non-hydrogen) atoms. The van der Waals surface area contributed by atoms with Crippen LogP contribution < -0.4 is 4.74 Å². The first-order chi connectivity index (χ1) is 15.3. The third-order valence-corrected chi connectivity index (χ3v) is 5.04. The number of phenols is 1. The van der Waals surface area contributed by atoms with Gasteiger partial charge in [0.2, 0.25) is 0 Å². The van der Waals surface area contributed by atoms with E-state index in [0.717, 1.165) is 22.5 Å². The van der Waals surface area contributed by atoms with Gasteiger partial charge in [-0.05, 0) is 24.3 Å². The predicted octanol–water partition coefficient (Wildman–Crippen LogP) is 6.91. The molecule has 0 saturated heterocycles. The zero-order valence-electron chi connectivity index (χ0n) is 16.7. The minimum Gasteiger partial charge on any atom is -0.504 e. The molecular formula is C27H20N2O2. The lowest BCUT2D eigenvalue weighted by molar-refractivity contribution is 0.412. The highest BCUT2D eigenvalue weighted by molar-refractivity contribution is 5.82. The van der Waals surface area contributed by atoms with Crippen LogP contribution in [0.1, 0.15) is 0 Å². The molecule has 0 radical (unpaired) electrons. The molecule has 0 aliphatic rings. The molecule has 0 unspecified atom stereocenters. The Kier molecular flexibility index (Phi) is 4.95. The second kappa shape index (κ2) is 8.20. The van der Waals surface area contributed by atoms with Crippen LogP contribution in [0, 0.1) is 0 Å². The number of H-pyrrole nitrogens is 1. The van der Waals surface area contributed by atoms with Gasteiger partial charge < -0.3 is 14.8 Å². The molecule has 4 nitrogen and oxygen atoms in total. The van der Waals surface area contributed by atoms with Gasteiger partial charge in [-0.3, -0.25) is 0 Å². The molecular weight excluding hydrogens is 384 g/mol. The fourth-order valence-corrected chi connectivity index (χ4v) is 3.53. The number of hydrogen-bond donors (Lipinski definition) is 2. The van der Waals surface area contributed by atoms with E-state index in [0.29, 0.717) is 22.9 Å². The van der Waals surface area contributed by atoms with Crippen molar-refractivity contribution in [3.05, 3.63) is 109 Å². The van der Waals surface area contributed by atoms with Crippen LogP contribution in [0.3, 0.4) is 0 Å². The van der Waals surface area contributed by atoms with Gasteiger partial charge in [-0.15, -0.1) is 0 Å². The van der Waals surface area contributed by atoms with E-state index in [1.54, 1.807) is 6.07 Å². The molecule has 1 heterocycles. The van der Waals surface area contributed by atoms with Crippen LogP contribution in [-0.2, 0) is 0 Å². The van der Waals surface area contributed by atoms with Crippen molar-refractivity contribution in [1.82, 2.24) is 9.97 Å². The van der Waals surface area contributed by atoms with Gasteiger partial charge >= 0.3 is 0 Å². The standard InChI is InChI=1S/C27H20N2O2/c30-26-22(17-10-18-23(26)31-21-15-8-3-9-16-21)27-28-24(19-11-4-1-5-12-19)25(29-27)20-13-6-2-7-14-20/h1-18,30H,(H,28,29). The summed E-state index contributed by atoms with van der Waals surface area (Å²) in [5.74, 6) is 1.65. The maximum atomic E-state index is 11.0. The van der Waals surface area contributed by atoms with E-state index in [-0.39, 0.29) is 5.75 Å². The number of para-hydroxylation sites is 2. The summed E-state index contributed by atoms with van der Waals surface area (Å²) in [5, 5.41) is 11.0. The molecule has 0 fully saturated rings. The molecule has 5 aromatic rings. The van der Waals surface area contributed by atoms with E-state index in [1.807, 2.05) is 103 Å². The molecule has 0 aliphatic heterocycles. The van der Waals surface area contributed by atoms with Crippen molar-refractivity contribution in [2.45, 2.75) is 0 Å². The summed E-state index contributed by atoms with van der Waals surface area (Å²) in [7, 11) is 0. The summed E-state index contributed by atoms with van der Waals surface area (Å²) in [6.07, 6.45) is 0. The summed E-state index contributed by atoms with van der Waals surface area (Å²) in [6.45, 7) is 0. The van der Waals surface area contributed by atoms with Gasteiger partial charge in [0, 0.05) is 11.1 Å². The van der Waals surface area contributed by atoms with Gasteiger partial charge in [0.15, 0.2) is 11.5 Å². The van der Waals surface area contributed by atoms with Crippen LogP contribution in [0.25, 0.3) is 33.9 Å². The zero-order valence-corrected chi connectivity index (χ0v) is 16.7. The van der Waals surface area contributed by atoms with E-state index in [4.69, 9.17) is 9.72 Å². The molecule has 0 spiro atoms. The zero-order chi connectivity index (χ0) is 21.0. The van der Waals surface area contributed by atoms with Gasteiger partial charge in [0.05, 0.1) is 17.0 Å². The summed E-state index contributed by atoms with van der Waals surface area (Å²) in [5.41, 5.74) is 4.33. The molecule has 1 aromatic heterocycles. The molecule has 0 saturated carbocycles. The summed E-state index contributed by atoms with van der Waals surface area (Å²) in [4.78, 5) is 8.28. The Labute approximate surface area is 180 Å². The van der Waals surface area contributed by atoms with Gasteiger partial charge in [-0.1, -0.05) is 84.9 Å². The lowest BCUT2D eigenvalue weighted by atomic mass is 10.1. The monoisotopic (exact) mass is 404 g/mol. The molecule has 0 bridgehead atoms. The first kappa shape index (κ1) is 18.7. The first-order valence-corrected chi connectivity index (χ1v) is 10.1. The number of rotatable bonds is 5. The van der Waals surface area contributed by atoms with Crippen molar-refractivity contribution in [1.29, 1.82) is 0 Å². The van der Waals surface area contributed by atoms with Gasteiger partial charge in [0.25, 0.3) is 0 Å². The van der Waals surface area contributed by atoms with Crippen LogP contribution in [0.2, 0.25) is 0 Å². The Hall–Kier alpha value is -4.31. The van der Waals surface area contributed by atoms with Gasteiger partial charge in [0.1, 0.15) is 11.6 Å². The van der Waals surface area contributed by atoms with Gasteiger partial charge in [-0.25, -0.2) is 4.98 Å². The molecule has 4 heteroatoms. The average Bonchev–Trinajstić information content (AvgIpc) is 3.28. The fourth-order valence-electron chi connectivity index (χ4n) is 3.53. The lowest BCUT2D eigenvalue weighted by Crippen LogP contribution is -1.88. The highest BCUT2D eigenvalue weighted by atomic mass is 16.5. The van der Waals surface area contributed by atoms with Crippen LogP contribution in [0.4, 0.5) is 0 Å². The maximum absolute atomic E-state index is 11.0. The summed E-state index contributed by atoms with van der Waals surface area (Å²) in [6, 6.07) is 34.9. The van der Waals surface area contributed by atoms with Crippen molar-refractivity contribution >= 4 is 0 Å². The predicted molar refractivity (Wildman–Crippen MR) is 123 cm³/mol. The SMILES string of the molecule is Oc1c(Oc2ccccc2)cccc1-c1nc(-c2ccccc2)c(-c2ccccc2)[nH]1. The molecule has 4 aromatic carbocycles. The number of benzene rings is 4. The van der Waals surface area contributed by atoms with Gasteiger partial charge in [-0.2, -0.15) is 0 Å². The quantitative estimate of drug-likeness (QED) is 0.335. The van der Waals surface area contributed by atoms with Crippen molar-refractivity contribution < 1.29 is 9.84 Å². The lowest BCUT2D eigenvalue weighted by Gasteiger charge is -2.10. The Morgan fingerprint density at radius 3 is 1.94 bits per heavy atom. The van der Waals surface area contributed by atoms with Crippen LogP contribution in [0.15, 0.2) is 109 Å². The number of aromatic hydroxyl groups is 1. The highest BCUT2D eigenvalue weighted by Crippen LogP contribution is 2.40. The number of imidazole rings is 1. The number of aromatic nitrogens is 2. The third-order valence-electron chi connectivity index (χ3n) is 5.04. The smallest absolute Gasteiger partial charge is 0.169 e. The molecule has 150 valence electrons. The minimum atomic E-state index is 0.0410. The Morgan fingerprint density at radius 1 is 0.645 bits per heavy atom. The van der Waals surface area contributed by atoms with E-state index in [1.165, 1.54) is 0 Å². The normalized spacial score (nSPS) is 10.7. The number of hydrogen-bond acceptors (Lipinski definition) is 3. The minimum absolute atomic E-state index is 0.0410. The van der Waals surface area contributed by atoms with E-state index < -0.39 is 0 Å². The molecule has 0 aliphatic carbocycles. The maximum Gasteiger partial charge on any atom is 0.169 e. The van der Waals surface area contributed by atoms with Crippen molar-refractivity contribution in [2.24, 2.45) is 0 Å². The van der Waals surface area contributed by atoms with Crippen molar-refractivity contribution in [3.8, 4) is 51.2 Å². The largest absolute Gasteiger partial charge is 0.504 e. The van der Waals surface area contributed by atoms with E-state index in [2.05, 4.69) is 4.98 Å². The molecule has 5 rings (SSSR count). The summed E-state index contributed by atoms with van der Waals surface area (Å²) >= 11 is 0. The molecule has 2 N–H and O–H groups in total. The van der Waals surface area contributed by atoms with Crippen LogP contribution in [0.5, 0.6) is 17.2 Å². The average molecular weight is 404 g/mol. The number of ether oxygens (including phenoxy) is 1. The molecule has 0 amide bonds. The van der Waals surface area contributed by atoms with E-state index >= 15 is 0 Å². The Bertz CT molecular complexity index is 1240. The first-order valence-electron chi connectivity index (χ1n) is 10.1. The third kappa shape index (κ3) is 3.79. The van der Waals surface area contributed by atoms with Crippen LogP contribution >= 0.6 is 0 Å².